The van der Waals surface area contributed by atoms with E-state index in [-0.39, 0.29) is 17.8 Å². The highest BCUT2D eigenvalue weighted by molar-refractivity contribution is 5.89. The minimum atomic E-state index is -0.238. The first kappa shape index (κ1) is 23.2. The van der Waals surface area contributed by atoms with Crippen molar-refractivity contribution in [1.29, 1.82) is 0 Å². The van der Waals surface area contributed by atoms with Crippen molar-refractivity contribution < 1.29 is 14.3 Å². The Kier molecular flexibility index (Phi) is 10.8. The van der Waals surface area contributed by atoms with E-state index in [9.17, 15) is 9.59 Å². The van der Waals surface area contributed by atoms with Crippen molar-refractivity contribution >= 4 is 11.9 Å². The van der Waals surface area contributed by atoms with E-state index in [0.29, 0.717) is 29.9 Å². The van der Waals surface area contributed by atoms with E-state index >= 15 is 0 Å². The molecule has 0 aliphatic heterocycles. The zero-order valence-corrected chi connectivity index (χ0v) is 17.7. The molecular formula is C23H37NO3. The van der Waals surface area contributed by atoms with Gasteiger partial charge in [-0.1, -0.05) is 52.3 Å². The highest BCUT2D eigenvalue weighted by Crippen LogP contribution is 2.37. The Labute approximate surface area is 165 Å². The lowest BCUT2D eigenvalue weighted by Gasteiger charge is -2.36. The molecule has 4 nitrogen and oxygen atoms in total. The summed E-state index contributed by atoms with van der Waals surface area (Å²) in [5.41, 5.74) is 0.617. The quantitative estimate of drug-likeness (QED) is 0.705. The van der Waals surface area contributed by atoms with Crippen LogP contribution in [0.2, 0.25) is 0 Å². The van der Waals surface area contributed by atoms with Gasteiger partial charge >= 0.3 is 5.97 Å². The lowest BCUT2D eigenvalue weighted by molar-refractivity contribution is -0.129. The van der Waals surface area contributed by atoms with Gasteiger partial charge in [0.25, 0.3) is 0 Å². The molecule has 27 heavy (non-hydrogen) atoms. The molecule has 0 radical (unpaired) electrons. The van der Waals surface area contributed by atoms with Gasteiger partial charge in [-0.25, -0.2) is 4.79 Å². The van der Waals surface area contributed by atoms with Crippen LogP contribution in [-0.2, 0) is 9.53 Å². The van der Waals surface area contributed by atoms with Crippen molar-refractivity contribution in [2.75, 3.05) is 13.2 Å². The predicted molar refractivity (Wildman–Crippen MR) is 111 cm³/mol. The second kappa shape index (κ2) is 12.5. The van der Waals surface area contributed by atoms with Crippen LogP contribution in [-0.4, -0.2) is 25.0 Å². The monoisotopic (exact) mass is 375 g/mol. The number of carbonyl (C=O) groups excluding carboxylic acids is 2. The number of hydrogen-bond acceptors (Lipinski definition) is 3. The molecular weight excluding hydrogens is 338 g/mol. The van der Waals surface area contributed by atoms with Gasteiger partial charge in [-0.05, 0) is 56.1 Å². The number of benzene rings is 1. The average Bonchev–Trinajstić information content (AvgIpc) is 2.67. The molecule has 1 aromatic rings. The maximum absolute atomic E-state index is 11.9. The van der Waals surface area contributed by atoms with E-state index < -0.39 is 0 Å². The highest BCUT2D eigenvalue weighted by Gasteiger charge is 2.34. The van der Waals surface area contributed by atoms with Crippen molar-refractivity contribution in [2.24, 2.45) is 23.7 Å². The van der Waals surface area contributed by atoms with Gasteiger partial charge in [0.1, 0.15) is 0 Å². The molecule has 1 aliphatic rings. The van der Waals surface area contributed by atoms with Gasteiger partial charge in [-0.2, -0.15) is 0 Å². The van der Waals surface area contributed by atoms with Crippen LogP contribution in [0.5, 0.6) is 0 Å². The topological polar surface area (TPSA) is 55.4 Å². The normalized spacial score (nSPS) is 21.8. The molecule has 4 heteroatoms. The predicted octanol–water partition coefficient (Wildman–Crippen LogP) is 5.08. The summed E-state index contributed by atoms with van der Waals surface area (Å²) in [6.07, 6.45) is 4.45. The number of rotatable bonds is 6. The number of carbonyl (C=O) groups is 2. The SMILES string of the molecule is CCCOC(=O)c1ccccc1.CCNC(=O)C1CC(C)CCC1C(C)C. The largest absolute Gasteiger partial charge is 0.462 e. The van der Waals surface area contributed by atoms with Gasteiger partial charge in [0.05, 0.1) is 12.2 Å². The number of nitrogens with one attached hydrogen (secondary N) is 1. The molecule has 1 N–H and O–H groups in total. The molecule has 0 saturated heterocycles. The summed E-state index contributed by atoms with van der Waals surface area (Å²) < 4.78 is 4.94. The Morgan fingerprint density at radius 1 is 1.15 bits per heavy atom. The zero-order valence-electron chi connectivity index (χ0n) is 17.7. The molecule has 1 amide bonds. The molecule has 1 aromatic carbocycles. The van der Waals surface area contributed by atoms with Crippen molar-refractivity contribution in [2.45, 2.75) is 60.3 Å². The van der Waals surface area contributed by atoms with E-state index in [2.05, 4.69) is 26.1 Å². The third kappa shape index (κ3) is 8.15. The number of hydrogen-bond donors (Lipinski definition) is 1. The Morgan fingerprint density at radius 2 is 1.81 bits per heavy atom. The zero-order chi connectivity index (χ0) is 20.2. The Hall–Kier alpha value is -1.84. The highest BCUT2D eigenvalue weighted by atomic mass is 16.5. The number of amides is 1. The third-order valence-corrected chi connectivity index (χ3v) is 5.16. The van der Waals surface area contributed by atoms with E-state index in [1.54, 1.807) is 12.1 Å². The van der Waals surface area contributed by atoms with Crippen molar-refractivity contribution in [3.8, 4) is 0 Å². The Morgan fingerprint density at radius 3 is 2.37 bits per heavy atom. The van der Waals surface area contributed by atoms with Gasteiger partial charge < -0.3 is 10.1 Å². The summed E-state index contributed by atoms with van der Waals surface area (Å²) in [7, 11) is 0. The van der Waals surface area contributed by atoms with Crippen LogP contribution in [0.4, 0.5) is 0 Å². The van der Waals surface area contributed by atoms with Crippen LogP contribution in [0.15, 0.2) is 30.3 Å². The molecule has 2 rings (SSSR count). The molecule has 3 unspecified atom stereocenters. The van der Waals surface area contributed by atoms with E-state index in [1.807, 2.05) is 32.0 Å². The van der Waals surface area contributed by atoms with Crippen LogP contribution < -0.4 is 5.32 Å². The van der Waals surface area contributed by atoms with Crippen LogP contribution in [0.1, 0.15) is 70.7 Å². The Bertz CT molecular complexity index is 556. The first-order valence-corrected chi connectivity index (χ1v) is 10.4. The van der Waals surface area contributed by atoms with Crippen molar-refractivity contribution in [3.05, 3.63) is 35.9 Å². The first-order chi connectivity index (χ1) is 12.9. The average molecular weight is 376 g/mol. The Balaban J connectivity index is 0.000000277. The number of ether oxygens (including phenoxy) is 1. The van der Waals surface area contributed by atoms with Crippen LogP contribution in [0, 0.1) is 23.7 Å². The lowest BCUT2D eigenvalue weighted by atomic mass is 9.70. The second-order valence-electron chi connectivity index (χ2n) is 7.83. The molecule has 0 aromatic heterocycles. The molecule has 1 saturated carbocycles. The molecule has 152 valence electrons. The molecule has 1 aliphatic carbocycles. The summed E-state index contributed by atoms with van der Waals surface area (Å²) in [5.74, 6) is 2.24. The van der Waals surface area contributed by atoms with Crippen LogP contribution >= 0.6 is 0 Å². The van der Waals surface area contributed by atoms with Gasteiger partial charge in [-0.15, -0.1) is 0 Å². The molecule has 0 spiro atoms. The summed E-state index contributed by atoms with van der Waals surface area (Å²) in [6, 6.07) is 9.01. The molecule has 1 fully saturated rings. The standard InChI is InChI=1S/C13H25NO.C10H12O2/c1-5-14-13(15)12-8-10(4)6-7-11(12)9(2)3;1-2-8-12-10(11)9-6-4-3-5-7-9/h9-12H,5-8H2,1-4H3,(H,14,15);3-7H,2,8H2,1H3. The van der Waals surface area contributed by atoms with Crippen molar-refractivity contribution in [3.63, 3.8) is 0 Å². The first-order valence-electron chi connectivity index (χ1n) is 10.4. The fourth-order valence-electron chi connectivity index (χ4n) is 3.66. The molecule has 0 heterocycles. The lowest BCUT2D eigenvalue weighted by Crippen LogP contribution is -2.40. The molecule has 3 atom stereocenters. The van der Waals surface area contributed by atoms with E-state index in [1.165, 1.54) is 12.8 Å². The van der Waals surface area contributed by atoms with Crippen molar-refractivity contribution in [1.82, 2.24) is 5.32 Å². The van der Waals surface area contributed by atoms with Gasteiger partial charge in [-0.3, -0.25) is 4.79 Å². The third-order valence-electron chi connectivity index (χ3n) is 5.16. The van der Waals surface area contributed by atoms with E-state index in [4.69, 9.17) is 4.74 Å². The second-order valence-corrected chi connectivity index (χ2v) is 7.83. The summed E-state index contributed by atoms with van der Waals surface area (Å²) in [5, 5.41) is 2.98. The van der Waals surface area contributed by atoms with Gasteiger partial charge in [0, 0.05) is 12.5 Å². The maximum atomic E-state index is 11.9. The minimum Gasteiger partial charge on any atom is -0.462 e. The fourth-order valence-corrected chi connectivity index (χ4v) is 3.66. The molecule has 0 bridgehead atoms. The van der Waals surface area contributed by atoms with Gasteiger partial charge in [0.2, 0.25) is 5.91 Å². The summed E-state index contributed by atoms with van der Waals surface area (Å²) >= 11 is 0. The maximum Gasteiger partial charge on any atom is 0.338 e. The number of esters is 1. The van der Waals surface area contributed by atoms with Gasteiger partial charge in [0.15, 0.2) is 0 Å². The summed E-state index contributed by atoms with van der Waals surface area (Å²) in [4.78, 5) is 23.1. The van der Waals surface area contributed by atoms with Crippen LogP contribution in [0.25, 0.3) is 0 Å². The fraction of sp³-hybridized carbons (Fsp3) is 0.652. The summed E-state index contributed by atoms with van der Waals surface area (Å²) in [6.45, 7) is 12.0. The minimum absolute atomic E-state index is 0.238. The smallest absolute Gasteiger partial charge is 0.338 e. The van der Waals surface area contributed by atoms with E-state index in [0.717, 1.165) is 19.4 Å². The van der Waals surface area contributed by atoms with Crippen LogP contribution in [0.3, 0.4) is 0 Å².